The monoisotopic (exact) mass is 665 g/mol. The molecule has 6 atom stereocenters. The lowest BCUT2D eigenvalue weighted by Crippen LogP contribution is -2.52. The van der Waals surface area contributed by atoms with Crippen molar-refractivity contribution < 1.29 is 41.6 Å². The molecule has 2 N–H and O–H groups in total. The maximum absolute atomic E-state index is 14.7. The number of aliphatic hydroxyl groups excluding tert-OH is 2. The van der Waals surface area contributed by atoms with Crippen LogP contribution in [0.2, 0.25) is 15.1 Å². The molecule has 0 radical (unpaired) electrons. The number of hydrogen-bond acceptors (Lipinski definition) is 7. The third-order valence-corrected chi connectivity index (χ3v) is 8.06. The minimum Gasteiger partial charge on any atom is -0.388 e. The highest BCUT2D eigenvalue weighted by atomic mass is 35.5. The molecule has 17 heteroatoms. The van der Waals surface area contributed by atoms with Gasteiger partial charge in [0.05, 0.1) is 34.1 Å². The summed E-state index contributed by atoms with van der Waals surface area (Å²) in [6, 6.07) is 3.22. The Hall–Kier alpha value is -2.85. The predicted molar refractivity (Wildman–Crippen MR) is 142 cm³/mol. The predicted octanol–water partition coefficient (Wildman–Crippen LogP) is 5.50. The number of nitrogens with zero attached hydrogens (tertiary/aromatic N) is 5. The third kappa shape index (κ3) is 5.18. The van der Waals surface area contributed by atoms with Crippen LogP contribution in [0, 0.1) is 18.6 Å². The number of aliphatic hydroxyl groups is 2. The van der Waals surface area contributed by atoms with Gasteiger partial charge in [0.1, 0.15) is 42.4 Å². The second-order valence-electron chi connectivity index (χ2n) is 10.0. The van der Waals surface area contributed by atoms with Gasteiger partial charge in [0.2, 0.25) is 0 Å². The molecule has 228 valence electrons. The molecule has 2 aromatic carbocycles. The van der Waals surface area contributed by atoms with Crippen molar-refractivity contribution in [1.29, 1.82) is 0 Å². The number of alkyl halides is 3. The average molecular weight is 667 g/mol. The van der Waals surface area contributed by atoms with E-state index in [2.05, 4.69) is 15.2 Å². The minimum atomic E-state index is -4.93. The van der Waals surface area contributed by atoms with Gasteiger partial charge in [0, 0.05) is 22.3 Å². The molecule has 3 unspecified atom stereocenters. The molecule has 0 bridgehead atoms. The van der Waals surface area contributed by atoms with Crippen molar-refractivity contribution in [2.45, 2.75) is 49.7 Å². The molecule has 4 heterocycles. The fourth-order valence-electron chi connectivity index (χ4n) is 5.41. The van der Waals surface area contributed by atoms with Gasteiger partial charge in [0.25, 0.3) is 0 Å². The molecule has 0 amide bonds. The SMILES string of the molecule is Cc1nc([C@@H]2OC3C(O)CO[C@@H]3C(n3cc(-c4ccc(Cl)c(F)c4F)cn3)[C@@H]2O)n(-c2cc(Cl)cc(Cl)c2C(F)(F)F)n1. The molecule has 0 saturated carbocycles. The molecule has 2 aliphatic heterocycles. The summed E-state index contributed by atoms with van der Waals surface area (Å²) < 4.78 is 85.0. The van der Waals surface area contributed by atoms with Gasteiger partial charge in [-0.15, -0.1) is 0 Å². The second kappa shape index (κ2) is 10.9. The summed E-state index contributed by atoms with van der Waals surface area (Å²) in [4.78, 5) is 4.25. The van der Waals surface area contributed by atoms with E-state index in [0.29, 0.717) is 0 Å². The minimum absolute atomic E-state index is 0.0264. The Morgan fingerprint density at radius 3 is 2.49 bits per heavy atom. The van der Waals surface area contributed by atoms with Gasteiger partial charge >= 0.3 is 6.18 Å². The van der Waals surface area contributed by atoms with Crippen LogP contribution in [0.4, 0.5) is 22.0 Å². The summed E-state index contributed by atoms with van der Waals surface area (Å²) >= 11 is 17.7. The number of aromatic nitrogens is 5. The number of fused-ring (bicyclic) bond motifs is 1. The largest absolute Gasteiger partial charge is 0.419 e. The summed E-state index contributed by atoms with van der Waals surface area (Å²) in [6.45, 7) is 1.23. The van der Waals surface area contributed by atoms with E-state index in [1.165, 1.54) is 36.1 Å². The lowest BCUT2D eigenvalue weighted by molar-refractivity contribution is -0.196. The zero-order valence-electron chi connectivity index (χ0n) is 21.6. The van der Waals surface area contributed by atoms with E-state index >= 15 is 0 Å². The standard InChI is InChI=1S/C26H19Cl3F5N5O4/c1-9-36-25(39(37-9)15-5-11(27)4-14(29)17(15)26(32,33)34)24-21(41)20(23-22(43-24)16(40)8-42-23)38-7-10(6-35-38)12-2-3-13(28)19(31)18(12)30/h2-7,16,20-24,40-41H,8H2,1H3/t16?,20?,21-,22?,23+,24+/m0/s1. The van der Waals surface area contributed by atoms with E-state index in [0.717, 1.165) is 16.8 Å². The van der Waals surface area contributed by atoms with Crippen LogP contribution in [0.15, 0.2) is 36.7 Å². The molecule has 4 aromatic rings. The van der Waals surface area contributed by atoms with Crippen LogP contribution in [-0.4, -0.2) is 65.8 Å². The normalized spacial score (nSPS) is 25.7. The fraction of sp³-hybridized carbons (Fsp3) is 0.346. The summed E-state index contributed by atoms with van der Waals surface area (Å²) in [6.07, 6.45) is -8.76. The molecule has 2 saturated heterocycles. The molecule has 2 fully saturated rings. The highest BCUT2D eigenvalue weighted by Crippen LogP contribution is 2.45. The maximum Gasteiger partial charge on any atom is 0.419 e. The van der Waals surface area contributed by atoms with Gasteiger partial charge in [-0.25, -0.2) is 18.4 Å². The zero-order valence-corrected chi connectivity index (χ0v) is 23.9. The van der Waals surface area contributed by atoms with Gasteiger partial charge in [-0.1, -0.05) is 34.8 Å². The molecule has 0 spiro atoms. The Balaban J connectivity index is 1.45. The Bertz CT molecular complexity index is 1720. The first kappa shape index (κ1) is 30.2. The van der Waals surface area contributed by atoms with E-state index in [-0.39, 0.29) is 34.4 Å². The van der Waals surface area contributed by atoms with Crippen molar-refractivity contribution >= 4 is 34.8 Å². The first-order chi connectivity index (χ1) is 20.3. The maximum atomic E-state index is 14.7. The zero-order chi connectivity index (χ0) is 31.0. The Morgan fingerprint density at radius 1 is 1.02 bits per heavy atom. The lowest BCUT2D eigenvalue weighted by atomic mass is 9.91. The van der Waals surface area contributed by atoms with Gasteiger partial charge in [-0.3, -0.25) is 4.68 Å². The van der Waals surface area contributed by atoms with Crippen LogP contribution in [0.1, 0.15) is 29.4 Å². The number of benzene rings is 2. The first-order valence-corrected chi connectivity index (χ1v) is 13.7. The summed E-state index contributed by atoms with van der Waals surface area (Å²) in [7, 11) is 0. The number of aryl methyl sites for hydroxylation is 1. The van der Waals surface area contributed by atoms with Crippen molar-refractivity contribution in [2.24, 2.45) is 0 Å². The summed E-state index contributed by atoms with van der Waals surface area (Å²) in [5, 5.41) is 29.4. The van der Waals surface area contributed by atoms with E-state index in [1.54, 1.807) is 0 Å². The summed E-state index contributed by atoms with van der Waals surface area (Å²) in [5.41, 5.74) is -1.86. The molecule has 0 aliphatic carbocycles. The van der Waals surface area contributed by atoms with Crippen molar-refractivity contribution in [3.05, 3.63) is 80.6 Å². The molecular formula is C26H19Cl3F5N5O4. The third-order valence-electron chi connectivity index (χ3n) is 7.25. The Labute approximate surface area is 254 Å². The Kier molecular flexibility index (Phi) is 7.68. The van der Waals surface area contributed by atoms with E-state index < -0.39 is 75.7 Å². The van der Waals surface area contributed by atoms with E-state index in [9.17, 15) is 32.2 Å². The number of ether oxygens (including phenoxy) is 2. The van der Waals surface area contributed by atoms with Crippen LogP contribution < -0.4 is 0 Å². The first-order valence-electron chi connectivity index (χ1n) is 12.6. The van der Waals surface area contributed by atoms with Crippen LogP contribution in [0.5, 0.6) is 0 Å². The van der Waals surface area contributed by atoms with Gasteiger partial charge in [-0.05, 0) is 31.2 Å². The molecule has 43 heavy (non-hydrogen) atoms. The lowest BCUT2D eigenvalue weighted by Gasteiger charge is -2.41. The molecular weight excluding hydrogens is 648 g/mol. The van der Waals surface area contributed by atoms with Crippen LogP contribution in [0.25, 0.3) is 16.8 Å². The van der Waals surface area contributed by atoms with Crippen LogP contribution in [-0.2, 0) is 15.7 Å². The molecule has 2 aliphatic rings. The number of rotatable bonds is 4. The number of halogens is 8. The highest BCUT2D eigenvalue weighted by Gasteiger charge is 2.55. The van der Waals surface area contributed by atoms with Crippen molar-refractivity contribution in [2.75, 3.05) is 6.61 Å². The fourth-order valence-corrected chi connectivity index (χ4v) is 6.15. The molecule has 9 nitrogen and oxygen atoms in total. The van der Waals surface area contributed by atoms with E-state index in [4.69, 9.17) is 44.3 Å². The van der Waals surface area contributed by atoms with Crippen molar-refractivity contribution in [3.8, 4) is 16.8 Å². The Morgan fingerprint density at radius 2 is 1.77 bits per heavy atom. The number of hydrogen-bond donors (Lipinski definition) is 2. The average Bonchev–Trinajstić information content (AvgIpc) is 3.65. The quantitative estimate of drug-likeness (QED) is 0.219. The van der Waals surface area contributed by atoms with Crippen molar-refractivity contribution in [3.63, 3.8) is 0 Å². The van der Waals surface area contributed by atoms with Gasteiger partial charge < -0.3 is 19.7 Å². The topological polar surface area (TPSA) is 107 Å². The van der Waals surface area contributed by atoms with Crippen molar-refractivity contribution in [1.82, 2.24) is 24.5 Å². The van der Waals surface area contributed by atoms with Gasteiger partial charge in [-0.2, -0.15) is 23.4 Å². The van der Waals surface area contributed by atoms with Gasteiger partial charge in [0.15, 0.2) is 17.5 Å². The second-order valence-corrected chi connectivity index (χ2v) is 11.3. The molecule has 2 aromatic heterocycles. The van der Waals surface area contributed by atoms with E-state index in [1.807, 2.05) is 0 Å². The summed E-state index contributed by atoms with van der Waals surface area (Å²) in [5.74, 6) is -2.70. The highest BCUT2D eigenvalue weighted by molar-refractivity contribution is 6.35. The smallest absolute Gasteiger partial charge is 0.388 e. The van der Waals surface area contributed by atoms with Crippen LogP contribution in [0.3, 0.4) is 0 Å². The molecule has 6 rings (SSSR count). The van der Waals surface area contributed by atoms with Crippen LogP contribution >= 0.6 is 34.8 Å².